The van der Waals surface area contributed by atoms with E-state index in [0.29, 0.717) is 15.0 Å². The first kappa shape index (κ1) is 4.99. The molecule has 0 amide bonds. The molecule has 0 heterocycles. The SMILES string of the molecule is C[Se][C]#[Mo+]. The van der Waals surface area contributed by atoms with Gasteiger partial charge in [-0.15, -0.1) is 0 Å². The van der Waals surface area contributed by atoms with Crippen molar-refractivity contribution in [3.8, 4) is 3.10 Å². The van der Waals surface area contributed by atoms with Crippen LogP contribution >= 0.6 is 0 Å². The first-order chi connectivity index (χ1) is 1.91. The van der Waals surface area contributed by atoms with Crippen molar-refractivity contribution in [2.75, 3.05) is 0 Å². The Kier molecular flexibility index (Phi) is 4.97. The van der Waals surface area contributed by atoms with Crippen LogP contribution in [0.15, 0.2) is 0 Å². The van der Waals surface area contributed by atoms with Crippen molar-refractivity contribution in [3.63, 3.8) is 0 Å². The third-order valence-corrected chi connectivity index (χ3v) is 2.56. The summed E-state index contributed by atoms with van der Waals surface area (Å²) in [4.78, 5) is 0. The van der Waals surface area contributed by atoms with Gasteiger partial charge in [0.2, 0.25) is 0 Å². The Morgan fingerprint density at radius 2 is 2.25 bits per heavy atom. The summed E-state index contributed by atoms with van der Waals surface area (Å²) >= 11 is 2.57. The average Bonchev–Trinajstić information content (AvgIpc) is 1.37. The van der Waals surface area contributed by atoms with E-state index in [1.54, 1.807) is 0 Å². The Hall–Kier alpha value is 0.988. The monoisotopic (exact) mass is 205 g/mol. The molecule has 0 aromatic carbocycles. The Labute approximate surface area is 43.1 Å². The Balaban J connectivity index is 2.43. The molecule has 2 heteroatoms. The minimum atomic E-state index is 0.671. The van der Waals surface area contributed by atoms with Crippen LogP contribution in [-0.4, -0.2) is 15.0 Å². The molecule has 0 bridgehead atoms. The quantitative estimate of drug-likeness (QED) is 0.492. The van der Waals surface area contributed by atoms with E-state index in [1.807, 2.05) is 19.2 Å². The van der Waals surface area contributed by atoms with Crippen LogP contribution in [0.4, 0.5) is 0 Å². The first-order valence-electron chi connectivity index (χ1n) is 0.816. The van der Waals surface area contributed by atoms with Gasteiger partial charge in [-0.2, -0.15) is 0 Å². The van der Waals surface area contributed by atoms with Crippen LogP contribution < -0.4 is 0 Å². The van der Waals surface area contributed by atoms with Crippen LogP contribution in [0.5, 0.6) is 0 Å². The van der Waals surface area contributed by atoms with E-state index in [4.69, 9.17) is 0 Å². The third kappa shape index (κ3) is 2.99. The van der Waals surface area contributed by atoms with Crippen molar-refractivity contribution >= 4 is 15.0 Å². The molecule has 0 aliphatic heterocycles. The van der Waals surface area contributed by atoms with Gasteiger partial charge in [0.05, 0.1) is 0 Å². The summed E-state index contributed by atoms with van der Waals surface area (Å²) in [6, 6.07) is 0. The molecule has 22 valence electrons. The van der Waals surface area contributed by atoms with Gasteiger partial charge in [0.25, 0.3) is 0 Å². The molecule has 0 saturated carbocycles. The van der Waals surface area contributed by atoms with Gasteiger partial charge in [-0.05, 0) is 0 Å². The number of hydrogen-bond acceptors (Lipinski definition) is 0. The van der Waals surface area contributed by atoms with Crippen LogP contribution in [0, 0.1) is 3.10 Å². The van der Waals surface area contributed by atoms with Gasteiger partial charge in [-0.3, -0.25) is 0 Å². The summed E-state index contributed by atoms with van der Waals surface area (Å²) in [6.07, 6.45) is 0. The summed E-state index contributed by atoms with van der Waals surface area (Å²) < 4.78 is 3.00. The summed E-state index contributed by atoms with van der Waals surface area (Å²) in [7, 11) is 0. The van der Waals surface area contributed by atoms with Gasteiger partial charge < -0.3 is 0 Å². The summed E-state index contributed by atoms with van der Waals surface area (Å²) in [5.41, 5.74) is 0. The predicted molar refractivity (Wildman–Crippen MR) is 15.5 cm³/mol. The zero-order chi connectivity index (χ0) is 3.41. The normalized spacial score (nSPS) is 5.00. The third-order valence-electron chi connectivity index (χ3n) is 0.0833. The molecule has 0 atom stereocenters. The van der Waals surface area contributed by atoms with Gasteiger partial charge in [0.15, 0.2) is 0 Å². The average molecular weight is 202 g/mol. The first-order valence-corrected chi connectivity index (χ1v) is 4.39. The Morgan fingerprint density at radius 1 is 2.00 bits per heavy atom. The minimum absolute atomic E-state index is 0.671. The Morgan fingerprint density at radius 3 is 2.25 bits per heavy atom. The second-order valence-corrected chi connectivity index (χ2v) is 3.62. The molecule has 0 spiro atoms. The second kappa shape index (κ2) is 3.99. The molecule has 0 aromatic rings. The van der Waals surface area contributed by atoms with Gasteiger partial charge in [-0.25, -0.2) is 0 Å². The Bertz CT molecular complexity index is 35.8. The van der Waals surface area contributed by atoms with Gasteiger partial charge in [0, 0.05) is 0 Å². The maximum atomic E-state index is 3.00. The van der Waals surface area contributed by atoms with Crippen molar-refractivity contribution in [3.05, 3.63) is 0 Å². The molecule has 0 aromatic heterocycles. The van der Waals surface area contributed by atoms with Crippen LogP contribution in [0.2, 0.25) is 5.82 Å². The van der Waals surface area contributed by atoms with Crippen LogP contribution in [0.1, 0.15) is 0 Å². The van der Waals surface area contributed by atoms with E-state index in [1.165, 1.54) is 0 Å². The molecule has 0 rings (SSSR count). The zero-order valence-corrected chi connectivity index (χ0v) is 6.04. The molecule has 0 saturated heterocycles. The summed E-state index contributed by atoms with van der Waals surface area (Å²) in [6.45, 7) is 0. The van der Waals surface area contributed by atoms with Crippen LogP contribution in [0.25, 0.3) is 0 Å². The van der Waals surface area contributed by atoms with Crippen molar-refractivity contribution < 1.29 is 19.2 Å². The van der Waals surface area contributed by atoms with E-state index in [2.05, 4.69) is 8.92 Å². The standard InChI is InChI=1S/C2H3Se.Mo/c1-3-2;/h1H3;/q;+1. The number of hydrogen-bond donors (Lipinski definition) is 0. The molecule has 0 radical (unpaired) electrons. The maximum absolute atomic E-state index is 3.00. The van der Waals surface area contributed by atoms with Crippen molar-refractivity contribution in [2.45, 2.75) is 5.82 Å². The fraction of sp³-hybridized carbons (Fsp3) is 0.500. The van der Waals surface area contributed by atoms with Crippen molar-refractivity contribution in [2.24, 2.45) is 0 Å². The molecule has 0 N–H and O–H groups in total. The second-order valence-electron chi connectivity index (χ2n) is 0.287. The van der Waals surface area contributed by atoms with Gasteiger partial charge >= 0.3 is 43.0 Å². The zero-order valence-electron chi connectivity index (χ0n) is 2.32. The van der Waals surface area contributed by atoms with Crippen LogP contribution in [-0.2, 0) is 19.2 Å². The fourth-order valence-electron chi connectivity index (χ4n) is 0. The van der Waals surface area contributed by atoms with Gasteiger partial charge in [-0.1, -0.05) is 0 Å². The van der Waals surface area contributed by atoms with E-state index >= 15 is 0 Å². The van der Waals surface area contributed by atoms with Gasteiger partial charge in [0.1, 0.15) is 0 Å². The molecular formula is C2H3MoSe+. The fourth-order valence-corrected chi connectivity index (χ4v) is 0. The van der Waals surface area contributed by atoms with Crippen LogP contribution in [0.3, 0.4) is 0 Å². The molecule has 4 heavy (non-hydrogen) atoms. The molecule has 0 nitrogen and oxygen atoms in total. The van der Waals surface area contributed by atoms with E-state index in [0.717, 1.165) is 0 Å². The van der Waals surface area contributed by atoms with E-state index in [9.17, 15) is 0 Å². The number of rotatable bonds is 0. The molecular weight excluding hydrogens is 199 g/mol. The van der Waals surface area contributed by atoms with Crippen molar-refractivity contribution in [1.82, 2.24) is 0 Å². The molecule has 0 aliphatic carbocycles. The molecule has 0 fully saturated rings. The summed E-state index contributed by atoms with van der Waals surface area (Å²) in [5, 5.41) is 0. The van der Waals surface area contributed by atoms with Crippen molar-refractivity contribution in [1.29, 1.82) is 0 Å². The van der Waals surface area contributed by atoms with E-state index in [-0.39, 0.29) is 0 Å². The molecule has 0 aliphatic rings. The summed E-state index contributed by atoms with van der Waals surface area (Å²) in [5.74, 6) is 2.13. The predicted octanol–water partition coefficient (Wildman–Crippen LogP) is 0.202. The molecule has 0 unspecified atom stereocenters. The van der Waals surface area contributed by atoms with E-state index < -0.39 is 0 Å². The topological polar surface area (TPSA) is 0 Å².